The fourth-order valence-electron chi connectivity index (χ4n) is 4.19. The number of fused-ring (bicyclic) bond motifs is 1. The van der Waals surface area contributed by atoms with Crippen LogP contribution < -0.4 is 10.5 Å². The summed E-state index contributed by atoms with van der Waals surface area (Å²) in [5.74, 6) is -0.882. The van der Waals surface area contributed by atoms with Gasteiger partial charge < -0.3 is 15.3 Å². The van der Waals surface area contributed by atoms with Crippen LogP contribution >= 0.6 is 0 Å². The van der Waals surface area contributed by atoms with Crippen molar-refractivity contribution in [2.45, 2.75) is 37.5 Å². The molecule has 0 spiro atoms. The number of urea groups is 1. The summed E-state index contributed by atoms with van der Waals surface area (Å²) >= 11 is 0. The Morgan fingerprint density at radius 2 is 2.15 bits per heavy atom. The van der Waals surface area contributed by atoms with Gasteiger partial charge in [-0.05, 0) is 42.9 Å². The zero-order valence-corrected chi connectivity index (χ0v) is 15.4. The van der Waals surface area contributed by atoms with Crippen LogP contribution in [-0.4, -0.2) is 43.5 Å². The second-order valence-corrected chi connectivity index (χ2v) is 8.61. The number of carbonyl (C=O) groups excluding carboxylic acids is 1. The molecule has 0 radical (unpaired) electrons. The Morgan fingerprint density at radius 3 is 2.73 bits per heavy atom. The van der Waals surface area contributed by atoms with E-state index in [1.807, 2.05) is 6.92 Å². The smallest absolute Gasteiger partial charge is 0.321 e. The fraction of sp³-hybridized carbons (Fsp3) is 0.529. The van der Waals surface area contributed by atoms with Crippen molar-refractivity contribution >= 4 is 27.7 Å². The first-order chi connectivity index (χ1) is 12.2. The van der Waals surface area contributed by atoms with Crippen molar-refractivity contribution in [1.82, 2.24) is 4.90 Å². The quantitative estimate of drug-likeness (QED) is 0.729. The maximum absolute atomic E-state index is 12.6. The molecule has 2 fully saturated rings. The molecule has 2 amide bonds. The summed E-state index contributed by atoms with van der Waals surface area (Å²) in [5, 5.41) is 17.5. The van der Waals surface area contributed by atoms with Gasteiger partial charge in [-0.25, -0.2) is 18.4 Å². The van der Waals surface area contributed by atoms with Crippen LogP contribution in [0.5, 0.6) is 0 Å². The number of benzene rings is 1. The van der Waals surface area contributed by atoms with E-state index in [0.29, 0.717) is 30.6 Å². The molecule has 8 nitrogen and oxygen atoms in total. The average molecular weight is 381 g/mol. The summed E-state index contributed by atoms with van der Waals surface area (Å²) in [6.07, 6.45) is 2.74. The SMILES string of the molecule is CCc1ccc(NC(=O)N2C[C@@H]3CCC[C@@]3(C(=O)O)C2)cc1S(N)(=O)=O. The highest BCUT2D eigenvalue weighted by molar-refractivity contribution is 7.89. The van der Waals surface area contributed by atoms with Crippen LogP contribution in [0.1, 0.15) is 31.7 Å². The van der Waals surface area contributed by atoms with E-state index in [0.717, 1.165) is 12.8 Å². The molecule has 2 aliphatic rings. The van der Waals surface area contributed by atoms with Gasteiger partial charge in [-0.1, -0.05) is 19.4 Å². The molecule has 9 heteroatoms. The van der Waals surface area contributed by atoms with Gasteiger partial charge in [-0.3, -0.25) is 4.79 Å². The molecule has 1 heterocycles. The number of nitrogens with zero attached hydrogens (tertiary/aromatic N) is 1. The monoisotopic (exact) mass is 381 g/mol. The van der Waals surface area contributed by atoms with Gasteiger partial charge in [0.15, 0.2) is 0 Å². The molecule has 142 valence electrons. The molecule has 1 saturated carbocycles. The molecule has 1 aromatic rings. The Morgan fingerprint density at radius 1 is 1.42 bits per heavy atom. The molecule has 3 rings (SSSR count). The van der Waals surface area contributed by atoms with Crippen molar-refractivity contribution in [1.29, 1.82) is 0 Å². The molecule has 1 aliphatic carbocycles. The maximum atomic E-state index is 12.6. The van der Waals surface area contributed by atoms with E-state index >= 15 is 0 Å². The predicted octanol–water partition coefficient (Wildman–Crippen LogP) is 1.61. The first kappa shape index (κ1) is 18.7. The molecule has 1 aliphatic heterocycles. The number of anilines is 1. The van der Waals surface area contributed by atoms with Crippen LogP contribution in [0.15, 0.2) is 23.1 Å². The number of nitrogens with one attached hydrogen (secondary N) is 1. The summed E-state index contributed by atoms with van der Waals surface area (Å²) in [4.78, 5) is 25.8. The van der Waals surface area contributed by atoms with E-state index in [4.69, 9.17) is 5.14 Å². The molecule has 1 saturated heterocycles. The Bertz CT molecular complexity index is 854. The Hall–Kier alpha value is -2.13. The minimum atomic E-state index is -3.90. The molecular formula is C17H23N3O5S. The van der Waals surface area contributed by atoms with Crippen molar-refractivity contribution in [3.8, 4) is 0 Å². The number of aryl methyl sites for hydroxylation is 1. The number of carbonyl (C=O) groups is 2. The van der Waals surface area contributed by atoms with E-state index in [1.54, 1.807) is 12.1 Å². The molecule has 1 aromatic carbocycles. The third-order valence-electron chi connectivity index (χ3n) is 5.59. The summed E-state index contributed by atoms with van der Waals surface area (Å²) in [7, 11) is -3.90. The van der Waals surface area contributed by atoms with Gasteiger partial charge in [-0.2, -0.15) is 0 Å². The number of aliphatic carboxylic acids is 1. The highest BCUT2D eigenvalue weighted by atomic mass is 32.2. The Labute approximate surface area is 152 Å². The second kappa shape index (κ2) is 6.55. The van der Waals surface area contributed by atoms with Gasteiger partial charge in [0.1, 0.15) is 0 Å². The first-order valence-corrected chi connectivity index (χ1v) is 10.2. The summed E-state index contributed by atoms with van der Waals surface area (Å²) in [5.41, 5.74) is 0.0403. The fourth-order valence-corrected chi connectivity index (χ4v) is 5.05. The average Bonchev–Trinajstić information content (AvgIpc) is 3.12. The molecular weight excluding hydrogens is 358 g/mol. The number of hydrogen-bond donors (Lipinski definition) is 3. The zero-order chi connectivity index (χ0) is 19.1. The minimum Gasteiger partial charge on any atom is -0.481 e. The number of rotatable bonds is 4. The van der Waals surface area contributed by atoms with Gasteiger partial charge >= 0.3 is 12.0 Å². The lowest BCUT2D eigenvalue weighted by molar-refractivity contribution is -0.149. The van der Waals surface area contributed by atoms with E-state index in [2.05, 4.69) is 5.32 Å². The highest BCUT2D eigenvalue weighted by Gasteiger charge is 2.55. The van der Waals surface area contributed by atoms with Crippen LogP contribution in [0.4, 0.5) is 10.5 Å². The number of sulfonamides is 1. The summed E-state index contributed by atoms with van der Waals surface area (Å²) < 4.78 is 23.5. The first-order valence-electron chi connectivity index (χ1n) is 8.62. The largest absolute Gasteiger partial charge is 0.481 e. The van der Waals surface area contributed by atoms with Gasteiger partial charge in [0.25, 0.3) is 0 Å². The Kier molecular flexibility index (Phi) is 4.70. The minimum absolute atomic E-state index is 0.0157. The van der Waals surface area contributed by atoms with E-state index < -0.39 is 27.4 Å². The van der Waals surface area contributed by atoms with Crippen molar-refractivity contribution in [3.05, 3.63) is 23.8 Å². The number of likely N-dealkylation sites (tertiary alicyclic amines) is 1. The normalized spacial score (nSPS) is 25.2. The zero-order valence-electron chi connectivity index (χ0n) is 14.6. The molecule has 2 atom stereocenters. The number of carboxylic acid groups (broad SMARTS) is 1. The van der Waals surface area contributed by atoms with Crippen molar-refractivity contribution in [2.24, 2.45) is 16.5 Å². The number of primary sulfonamides is 1. The van der Waals surface area contributed by atoms with Crippen LogP contribution in [0.2, 0.25) is 0 Å². The van der Waals surface area contributed by atoms with E-state index in [9.17, 15) is 23.1 Å². The predicted molar refractivity (Wildman–Crippen MR) is 95.2 cm³/mol. The molecule has 0 unspecified atom stereocenters. The van der Waals surface area contributed by atoms with Crippen LogP contribution in [0, 0.1) is 11.3 Å². The van der Waals surface area contributed by atoms with Crippen LogP contribution in [0.25, 0.3) is 0 Å². The standard InChI is InChI=1S/C17H23N3O5S/c1-2-11-5-6-13(8-14(11)26(18,24)25)19-16(23)20-9-12-4-3-7-17(12,10-20)15(21)22/h5-6,8,12H,2-4,7,9-10H2,1H3,(H,19,23)(H,21,22)(H2,18,24,25)/t12-,17+/m0/s1. The Balaban J connectivity index is 1.78. The number of nitrogens with two attached hydrogens (primary N) is 1. The molecule has 4 N–H and O–H groups in total. The van der Waals surface area contributed by atoms with Crippen molar-refractivity contribution in [2.75, 3.05) is 18.4 Å². The lowest BCUT2D eigenvalue weighted by Crippen LogP contribution is -2.38. The third kappa shape index (κ3) is 3.16. The topological polar surface area (TPSA) is 130 Å². The number of hydrogen-bond acceptors (Lipinski definition) is 4. The van der Waals surface area contributed by atoms with Gasteiger partial charge in [0.2, 0.25) is 10.0 Å². The molecule has 0 aromatic heterocycles. The van der Waals surface area contributed by atoms with Crippen LogP contribution in [-0.2, 0) is 21.2 Å². The van der Waals surface area contributed by atoms with Crippen molar-refractivity contribution < 1.29 is 23.1 Å². The number of amides is 2. The van der Waals surface area contributed by atoms with Gasteiger partial charge in [0, 0.05) is 18.8 Å². The van der Waals surface area contributed by atoms with Gasteiger partial charge in [0.05, 0.1) is 10.3 Å². The number of carboxylic acids is 1. The lowest BCUT2D eigenvalue weighted by Gasteiger charge is -2.23. The summed E-state index contributed by atoms with van der Waals surface area (Å²) in [6.45, 7) is 2.39. The van der Waals surface area contributed by atoms with E-state index in [-0.39, 0.29) is 17.4 Å². The maximum Gasteiger partial charge on any atom is 0.321 e. The molecule has 0 bridgehead atoms. The highest BCUT2D eigenvalue weighted by Crippen LogP contribution is 2.48. The van der Waals surface area contributed by atoms with Crippen LogP contribution in [0.3, 0.4) is 0 Å². The van der Waals surface area contributed by atoms with Crippen molar-refractivity contribution in [3.63, 3.8) is 0 Å². The summed E-state index contributed by atoms with van der Waals surface area (Å²) in [6, 6.07) is 4.16. The van der Waals surface area contributed by atoms with Gasteiger partial charge in [-0.15, -0.1) is 0 Å². The second-order valence-electron chi connectivity index (χ2n) is 7.08. The molecule has 26 heavy (non-hydrogen) atoms. The third-order valence-corrected chi connectivity index (χ3v) is 6.58. The van der Waals surface area contributed by atoms with E-state index in [1.165, 1.54) is 11.0 Å². The lowest BCUT2D eigenvalue weighted by atomic mass is 9.81.